The van der Waals surface area contributed by atoms with Gasteiger partial charge >= 0.3 is 5.97 Å². The Bertz CT molecular complexity index is 994. The molecule has 0 saturated heterocycles. The third-order valence-corrected chi connectivity index (χ3v) is 4.59. The van der Waals surface area contributed by atoms with Crippen LogP contribution in [0.3, 0.4) is 0 Å². The minimum absolute atomic E-state index is 0.263. The van der Waals surface area contributed by atoms with Gasteiger partial charge in [0.2, 0.25) is 5.76 Å². The van der Waals surface area contributed by atoms with Gasteiger partial charge in [-0.2, -0.15) is 0 Å². The number of hydrogen-bond acceptors (Lipinski definition) is 5. The van der Waals surface area contributed by atoms with E-state index in [9.17, 15) is 4.79 Å². The second-order valence-corrected chi connectivity index (χ2v) is 6.57. The number of furan rings is 3. The van der Waals surface area contributed by atoms with Crippen molar-refractivity contribution in [2.45, 2.75) is 26.6 Å². The third kappa shape index (κ3) is 3.87. The number of carbonyl (C=O) groups is 1. The van der Waals surface area contributed by atoms with E-state index in [-0.39, 0.29) is 5.76 Å². The first-order valence-electron chi connectivity index (χ1n) is 9.30. The molecule has 0 aliphatic rings. The van der Waals surface area contributed by atoms with Crippen molar-refractivity contribution in [3.05, 3.63) is 83.9 Å². The van der Waals surface area contributed by atoms with E-state index < -0.39 is 5.97 Å². The highest BCUT2D eigenvalue weighted by atomic mass is 16.5. The van der Waals surface area contributed by atoms with Crippen molar-refractivity contribution >= 4 is 16.9 Å². The average molecular weight is 380 g/mol. The zero-order chi connectivity index (χ0) is 19.3. The highest BCUT2D eigenvalue weighted by Crippen LogP contribution is 2.26. The molecule has 3 heterocycles. The van der Waals surface area contributed by atoms with E-state index in [4.69, 9.17) is 18.0 Å². The molecular formula is C22H22NO5+. The van der Waals surface area contributed by atoms with Gasteiger partial charge in [0.1, 0.15) is 25.2 Å². The Morgan fingerprint density at radius 2 is 1.61 bits per heavy atom. The molecule has 144 valence electrons. The Morgan fingerprint density at radius 1 is 0.929 bits per heavy atom. The highest BCUT2D eigenvalue weighted by molar-refractivity contribution is 5.96. The number of rotatable bonds is 8. The van der Waals surface area contributed by atoms with Crippen LogP contribution in [0, 0.1) is 0 Å². The second-order valence-electron chi connectivity index (χ2n) is 6.57. The molecule has 3 aromatic heterocycles. The fourth-order valence-electron chi connectivity index (χ4n) is 3.39. The predicted molar refractivity (Wildman–Crippen MR) is 102 cm³/mol. The minimum atomic E-state index is -0.441. The molecule has 0 atom stereocenters. The summed E-state index contributed by atoms with van der Waals surface area (Å²) in [6.07, 6.45) is 3.33. The van der Waals surface area contributed by atoms with Crippen LogP contribution in [0.5, 0.6) is 0 Å². The summed E-state index contributed by atoms with van der Waals surface area (Å²) < 4.78 is 22.1. The number of carbonyl (C=O) groups excluding carboxylic acids is 1. The fourth-order valence-corrected chi connectivity index (χ4v) is 3.39. The van der Waals surface area contributed by atoms with Gasteiger partial charge in [0.15, 0.2) is 11.5 Å². The maximum Gasteiger partial charge on any atom is 0.374 e. The molecule has 28 heavy (non-hydrogen) atoms. The van der Waals surface area contributed by atoms with Crippen molar-refractivity contribution in [2.24, 2.45) is 0 Å². The topological polar surface area (TPSA) is 70.2 Å². The molecule has 0 radical (unpaired) electrons. The number of ether oxygens (including phenoxy) is 1. The molecule has 4 rings (SSSR count). The summed E-state index contributed by atoms with van der Waals surface area (Å²) in [6, 6.07) is 15.3. The standard InChI is InChI=1S/C22H21NO5/c1-2-25-22(24)21-19(18-9-3-4-10-20(18)28-21)15-23(13-16-7-5-11-26-16)14-17-8-6-12-27-17/h3-12H,2,13-15H2,1H3/p+1. The molecule has 6 heteroatoms. The van der Waals surface area contributed by atoms with Crippen LogP contribution in [0.15, 0.2) is 74.3 Å². The van der Waals surface area contributed by atoms with Crippen LogP contribution in [-0.4, -0.2) is 12.6 Å². The Hall–Kier alpha value is -3.25. The lowest BCUT2D eigenvalue weighted by atomic mass is 10.1. The number of hydrogen-bond donors (Lipinski definition) is 1. The maximum absolute atomic E-state index is 12.5. The SMILES string of the molecule is CCOC(=O)c1oc2ccccc2c1C[NH+](Cc1ccco1)Cc1ccco1. The number of esters is 1. The van der Waals surface area contributed by atoms with Crippen molar-refractivity contribution < 1.29 is 27.7 Å². The molecular weight excluding hydrogens is 358 g/mol. The second kappa shape index (κ2) is 8.19. The molecule has 0 spiro atoms. The zero-order valence-corrected chi connectivity index (χ0v) is 15.6. The van der Waals surface area contributed by atoms with Crippen molar-refractivity contribution in [2.75, 3.05) is 6.61 Å². The van der Waals surface area contributed by atoms with Crippen molar-refractivity contribution in [3.8, 4) is 0 Å². The van der Waals surface area contributed by atoms with Crippen LogP contribution in [-0.2, 0) is 24.4 Å². The summed E-state index contributed by atoms with van der Waals surface area (Å²) in [4.78, 5) is 13.6. The Kier molecular flexibility index (Phi) is 5.30. The lowest BCUT2D eigenvalue weighted by molar-refractivity contribution is -0.942. The molecule has 4 aromatic rings. The molecule has 6 nitrogen and oxygen atoms in total. The molecule has 1 aromatic carbocycles. The third-order valence-electron chi connectivity index (χ3n) is 4.59. The highest BCUT2D eigenvalue weighted by Gasteiger charge is 2.26. The van der Waals surface area contributed by atoms with Crippen LogP contribution in [0.2, 0.25) is 0 Å². The van der Waals surface area contributed by atoms with E-state index in [0.29, 0.717) is 31.8 Å². The molecule has 0 saturated carbocycles. The van der Waals surface area contributed by atoms with Crippen molar-refractivity contribution in [3.63, 3.8) is 0 Å². The van der Waals surface area contributed by atoms with Crippen LogP contribution in [0.1, 0.15) is 34.6 Å². The number of para-hydroxylation sites is 1. The van der Waals surface area contributed by atoms with Crippen LogP contribution >= 0.6 is 0 Å². The van der Waals surface area contributed by atoms with Gasteiger partial charge in [0.05, 0.1) is 24.7 Å². The van der Waals surface area contributed by atoms with Crippen molar-refractivity contribution in [1.82, 2.24) is 0 Å². The summed E-state index contributed by atoms with van der Waals surface area (Å²) in [5, 5.41) is 0.918. The van der Waals surface area contributed by atoms with E-state index >= 15 is 0 Å². The van der Waals surface area contributed by atoms with Crippen molar-refractivity contribution in [1.29, 1.82) is 0 Å². The first-order valence-corrected chi connectivity index (χ1v) is 9.30. The van der Waals surface area contributed by atoms with E-state index in [1.165, 1.54) is 0 Å². The van der Waals surface area contributed by atoms with E-state index in [1.54, 1.807) is 19.5 Å². The van der Waals surface area contributed by atoms with Gasteiger partial charge in [-0.3, -0.25) is 0 Å². The largest absolute Gasteiger partial charge is 0.463 e. The van der Waals surface area contributed by atoms with Gasteiger partial charge in [-0.25, -0.2) is 4.79 Å². The molecule has 0 aliphatic heterocycles. The first kappa shape index (κ1) is 18.1. The Labute approximate surface area is 162 Å². The molecule has 0 fully saturated rings. The monoisotopic (exact) mass is 380 g/mol. The summed E-state index contributed by atoms with van der Waals surface area (Å²) in [5.74, 6) is 1.56. The number of nitrogens with one attached hydrogen (secondary N) is 1. The normalized spacial score (nSPS) is 11.4. The molecule has 1 N–H and O–H groups in total. The number of fused-ring (bicyclic) bond motifs is 1. The van der Waals surface area contributed by atoms with Gasteiger partial charge in [-0.1, -0.05) is 18.2 Å². The summed E-state index contributed by atoms with van der Waals surface area (Å²) in [7, 11) is 0. The molecule has 0 amide bonds. The quantitative estimate of drug-likeness (QED) is 0.473. The van der Waals surface area contributed by atoms with E-state index in [2.05, 4.69) is 0 Å². The fraction of sp³-hybridized carbons (Fsp3) is 0.227. The van der Waals surface area contributed by atoms with E-state index in [1.807, 2.05) is 48.5 Å². The van der Waals surface area contributed by atoms with Crippen LogP contribution in [0.25, 0.3) is 11.0 Å². The summed E-state index contributed by atoms with van der Waals surface area (Å²) in [5.41, 5.74) is 1.51. The smallest absolute Gasteiger partial charge is 0.374 e. The molecule has 0 bridgehead atoms. The Morgan fingerprint density at radius 3 is 2.21 bits per heavy atom. The van der Waals surface area contributed by atoms with Gasteiger partial charge in [0.25, 0.3) is 0 Å². The first-order chi connectivity index (χ1) is 13.7. The predicted octanol–water partition coefficient (Wildman–Crippen LogP) is 3.58. The van der Waals surface area contributed by atoms with Gasteiger partial charge < -0.3 is 22.9 Å². The zero-order valence-electron chi connectivity index (χ0n) is 15.6. The number of benzene rings is 1. The maximum atomic E-state index is 12.5. The molecule has 0 aliphatic carbocycles. The summed E-state index contributed by atoms with van der Waals surface area (Å²) in [6.45, 7) is 3.94. The van der Waals surface area contributed by atoms with E-state index in [0.717, 1.165) is 27.4 Å². The average Bonchev–Trinajstić information content (AvgIpc) is 3.44. The summed E-state index contributed by atoms with van der Waals surface area (Å²) >= 11 is 0. The number of quaternary nitrogens is 1. The van der Waals surface area contributed by atoms with Gasteiger partial charge in [0, 0.05) is 5.39 Å². The lowest BCUT2D eigenvalue weighted by Crippen LogP contribution is -3.08. The van der Waals surface area contributed by atoms with Gasteiger partial charge in [-0.05, 0) is 37.3 Å². The van der Waals surface area contributed by atoms with Gasteiger partial charge in [-0.15, -0.1) is 0 Å². The van der Waals surface area contributed by atoms with Crippen LogP contribution in [0.4, 0.5) is 0 Å². The lowest BCUT2D eigenvalue weighted by Gasteiger charge is -2.17. The Balaban J connectivity index is 1.69. The van der Waals surface area contributed by atoms with Crippen LogP contribution < -0.4 is 4.90 Å². The molecule has 0 unspecified atom stereocenters. The minimum Gasteiger partial charge on any atom is -0.463 e.